The van der Waals surface area contributed by atoms with Gasteiger partial charge in [-0.25, -0.2) is 8.42 Å². The summed E-state index contributed by atoms with van der Waals surface area (Å²) in [5.41, 5.74) is 3.42. The van der Waals surface area contributed by atoms with Crippen molar-refractivity contribution in [3.05, 3.63) is 77.4 Å². The highest BCUT2D eigenvalue weighted by Gasteiger charge is 2.38. The molecule has 0 radical (unpaired) electrons. The molecule has 0 bridgehead atoms. The number of aryl methyl sites for hydroxylation is 2. The number of fused-ring (bicyclic) bond motifs is 1. The Morgan fingerprint density at radius 3 is 2.40 bits per heavy atom. The minimum absolute atomic E-state index is 0.0511. The summed E-state index contributed by atoms with van der Waals surface area (Å²) < 4.78 is 42.9. The van der Waals surface area contributed by atoms with Gasteiger partial charge in [-0.3, -0.25) is 9.78 Å². The highest BCUT2D eigenvalue weighted by molar-refractivity contribution is 7.89. The van der Waals surface area contributed by atoms with Gasteiger partial charge >= 0.3 is 0 Å². The van der Waals surface area contributed by atoms with Gasteiger partial charge in [0.2, 0.25) is 15.9 Å². The van der Waals surface area contributed by atoms with E-state index in [-0.39, 0.29) is 19.1 Å². The summed E-state index contributed by atoms with van der Waals surface area (Å²) in [6.07, 6.45) is 8.51. The van der Waals surface area contributed by atoms with Crippen LogP contribution in [0.4, 0.5) is 0 Å². The molecule has 1 atom stereocenters. The Hall–Kier alpha value is -3.21. The van der Waals surface area contributed by atoms with Crippen molar-refractivity contribution >= 4 is 15.9 Å². The van der Waals surface area contributed by atoms with Crippen LogP contribution in [0.3, 0.4) is 0 Å². The van der Waals surface area contributed by atoms with E-state index in [0.29, 0.717) is 53.9 Å². The SMILES string of the molecule is COc1cc(C)c(S(=O)(=O)N2CCn3cccc3C2COCC(=O)N2CCC(Cc3ccncc3)CC2)c(C)c1. The van der Waals surface area contributed by atoms with Crippen LogP contribution in [0.5, 0.6) is 5.75 Å². The predicted molar refractivity (Wildman–Crippen MR) is 152 cm³/mol. The van der Waals surface area contributed by atoms with Crippen LogP contribution in [0.1, 0.15) is 41.3 Å². The molecule has 9 nitrogen and oxygen atoms in total. The van der Waals surface area contributed by atoms with Crippen LogP contribution in [-0.4, -0.2) is 73.0 Å². The Kier molecular flexibility index (Phi) is 8.58. The molecule has 0 N–H and O–H groups in total. The zero-order valence-corrected chi connectivity index (χ0v) is 24.3. The number of carbonyl (C=O) groups is 1. The molecular weight excluding hydrogens is 528 g/mol. The number of hydrogen-bond donors (Lipinski definition) is 0. The molecule has 0 aliphatic carbocycles. The molecule has 0 spiro atoms. The first-order valence-corrected chi connectivity index (χ1v) is 15.3. The normalized spacial score (nSPS) is 18.5. The Balaban J connectivity index is 1.23. The second-order valence-corrected chi connectivity index (χ2v) is 12.6. The van der Waals surface area contributed by atoms with Gasteiger partial charge in [0.1, 0.15) is 12.4 Å². The van der Waals surface area contributed by atoms with Crippen molar-refractivity contribution in [1.29, 1.82) is 0 Å². The third-order valence-corrected chi connectivity index (χ3v) is 10.3. The molecular formula is C30H38N4O5S. The molecule has 1 amide bonds. The number of piperidine rings is 1. The van der Waals surface area contributed by atoms with Crippen LogP contribution in [0.25, 0.3) is 0 Å². The molecule has 3 aromatic rings. The predicted octanol–water partition coefficient (Wildman–Crippen LogP) is 3.75. The first kappa shape index (κ1) is 28.3. The number of hydrogen-bond acceptors (Lipinski definition) is 6. The molecule has 2 aliphatic rings. The van der Waals surface area contributed by atoms with Gasteiger partial charge in [-0.1, -0.05) is 0 Å². The maximum absolute atomic E-state index is 14.0. The molecule has 2 aromatic heterocycles. The van der Waals surface area contributed by atoms with E-state index < -0.39 is 16.1 Å². The molecule has 1 unspecified atom stereocenters. The van der Waals surface area contributed by atoms with Gasteiger partial charge in [0.15, 0.2) is 0 Å². The molecule has 40 heavy (non-hydrogen) atoms. The summed E-state index contributed by atoms with van der Waals surface area (Å²) in [4.78, 5) is 19.2. The van der Waals surface area contributed by atoms with E-state index in [1.165, 1.54) is 9.87 Å². The van der Waals surface area contributed by atoms with Crippen LogP contribution < -0.4 is 4.74 Å². The second kappa shape index (κ2) is 12.1. The van der Waals surface area contributed by atoms with Gasteiger partial charge in [-0.15, -0.1) is 0 Å². The van der Waals surface area contributed by atoms with Crippen LogP contribution in [0.15, 0.2) is 59.9 Å². The van der Waals surface area contributed by atoms with Gasteiger partial charge in [-0.2, -0.15) is 4.31 Å². The second-order valence-electron chi connectivity index (χ2n) is 10.7. The van der Waals surface area contributed by atoms with Crippen molar-refractivity contribution in [3.63, 3.8) is 0 Å². The number of sulfonamides is 1. The van der Waals surface area contributed by atoms with Crippen molar-refractivity contribution < 1.29 is 22.7 Å². The Morgan fingerprint density at radius 1 is 1.02 bits per heavy atom. The number of carbonyl (C=O) groups excluding carboxylic acids is 1. The first-order chi connectivity index (χ1) is 19.3. The van der Waals surface area contributed by atoms with Crippen LogP contribution in [-0.2, 0) is 32.5 Å². The highest BCUT2D eigenvalue weighted by atomic mass is 32.2. The van der Waals surface area contributed by atoms with Crippen molar-refractivity contribution in [1.82, 2.24) is 18.8 Å². The van der Waals surface area contributed by atoms with Crippen molar-refractivity contribution in [2.24, 2.45) is 5.92 Å². The number of methoxy groups -OCH3 is 1. The molecule has 2 aliphatic heterocycles. The summed E-state index contributed by atoms with van der Waals surface area (Å²) in [6, 6.07) is 10.9. The molecule has 1 fully saturated rings. The number of ether oxygens (including phenoxy) is 2. The molecule has 10 heteroatoms. The van der Waals surface area contributed by atoms with Gasteiger partial charge in [0.25, 0.3) is 0 Å². The topological polar surface area (TPSA) is 94.0 Å². The summed E-state index contributed by atoms with van der Waals surface area (Å²) in [5, 5.41) is 0. The first-order valence-electron chi connectivity index (χ1n) is 13.8. The number of aromatic nitrogens is 2. The van der Waals surface area contributed by atoms with Crippen LogP contribution >= 0.6 is 0 Å². The smallest absolute Gasteiger partial charge is 0.248 e. The Labute approximate surface area is 236 Å². The minimum atomic E-state index is -3.84. The van der Waals surface area contributed by atoms with E-state index in [1.54, 1.807) is 33.1 Å². The minimum Gasteiger partial charge on any atom is -0.497 e. The largest absolute Gasteiger partial charge is 0.497 e. The fraction of sp³-hybridized carbons (Fsp3) is 0.467. The quantitative estimate of drug-likeness (QED) is 0.392. The lowest BCUT2D eigenvalue weighted by atomic mass is 9.90. The standard InChI is InChI=1S/C30H38N4O5S/c1-22-17-26(38-3)18-23(2)30(22)40(36,37)34-16-15-32-12-4-5-27(32)28(34)20-39-21-29(35)33-13-8-25(9-14-33)19-24-6-10-31-11-7-24/h4-7,10-12,17-18,25,28H,8-9,13-16,19-21H2,1-3H3. The van der Waals surface area contributed by atoms with E-state index in [0.717, 1.165) is 25.0 Å². The van der Waals surface area contributed by atoms with E-state index in [9.17, 15) is 13.2 Å². The average molecular weight is 567 g/mol. The molecule has 0 saturated carbocycles. The number of amides is 1. The summed E-state index contributed by atoms with van der Waals surface area (Å²) in [5.74, 6) is 1.12. The number of pyridine rings is 1. The number of likely N-dealkylation sites (tertiary alicyclic amines) is 1. The summed E-state index contributed by atoms with van der Waals surface area (Å²) in [6.45, 7) is 5.91. The maximum Gasteiger partial charge on any atom is 0.248 e. The third kappa shape index (κ3) is 5.94. The van der Waals surface area contributed by atoms with Crippen molar-refractivity contribution in [2.75, 3.05) is 40.0 Å². The Morgan fingerprint density at radius 2 is 1.73 bits per heavy atom. The van der Waals surface area contributed by atoms with Gasteiger partial charge in [0.05, 0.1) is 24.7 Å². The Bertz CT molecular complexity index is 1410. The molecule has 1 saturated heterocycles. The summed E-state index contributed by atoms with van der Waals surface area (Å²) >= 11 is 0. The zero-order chi connectivity index (χ0) is 28.3. The fourth-order valence-electron chi connectivity index (χ4n) is 6.04. The van der Waals surface area contributed by atoms with Crippen molar-refractivity contribution in [3.8, 4) is 5.75 Å². The number of nitrogens with zero attached hydrogens (tertiary/aromatic N) is 4. The third-order valence-electron chi connectivity index (χ3n) is 8.09. The van der Waals surface area contributed by atoms with Gasteiger partial charge in [-0.05, 0) is 92.1 Å². The van der Waals surface area contributed by atoms with E-state index in [1.807, 2.05) is 47.8 Å². The van der Waals surface area contributed by atoms with Gasteiger partial charge < -0.3 is 18.9 Å². The van der Waals surface area contributed by atoms with Crippen LogP contribution in [0.2, 0.25) is 0 Å². The molecule has 1 aromatic carbocycles. The highest BCUT2D eigenvalue weighted by Crippen LogP contribution is 2.35. The van der Waals surface area contributed by atoms with E-state index >= 15 is 0 Å². The van der Waals surface area contributed by atoms with Gasteiger partial charge in [0, 0.05) is 50.5 Å². The lowest BCUT2D eigenvalue weighted by Gasteiger charge is -2.36. The van der Waals surface area contributed by atoms with E-state index in [2.05, 4.69) is 9.55 Å². The molecule has 214 valence electrons. The lowest BCUT2D eigenvalue weighted by molar-refractivity contribution is -0.138. The molecule has 4 heterocycles. The van der Waals surface area contributed by atoms with Crippen LogP contribution in [0, 0.1) is 19.8 Å². The lowest BCUT2D eigenvalue weighted by Crippen LogP contribution is -2.45. The van der Waals surface area contributed by atoms with Crippen molar-refractivity contribution in [2.45, 2.75) is 50.6 Å². The summed E-state index contributed by atoms with van der Waals surface area (Å²) in [7, 11) is -2.27. The maximum atomic E-state index is 14.0. The molecule has 5 rings (SSSR count). The monoisotopic (exact) mass is 566 g/mol. The average Bonchev–Trinajstić information content (AvgIpc) is 3.43. The number of benzene rings is 1. The fourth-order valence-corrected chi connectivity index (χ4v) is 8.03. The number of rotatable bonds is 9. The zero-order valence-electron chi connectivity index (χ0n) is 23.5. The van der Waals surface area contributed by atoms with E-state index in [4.69, 9.17) is 9.47 Å².